The van der Waals surface area contributed by atoms with E-state index >= 15 is 0 Å². The summed E-state index contributed by atoms with van der Waals surface area (Å²) in [6.07, 6.45) is 7.02. The standard InChI is InChI=1S/C15H23N3OS/c1-20-12-15(19)18(11-13-5-2-3-9-17-13)14-6-4-8-16-10-7-14/h2-3,5,9,14,16H,4,6-8,10-12H2,1H3. The van der Waals surface area contributed by atoms with Gasteiger partial charge in [0.2, 0.25) is 5.91 Å². The van der Waals surface area contributed by atoms with E-state index in [1.54, 1.807) is 18.0 Å². The Bertz CT molecular complexity index is 405. The number of aromatic nitrogens is 1. The smallest absolute Gasteiger partial charge is 0.233 e. The van der Waals surface area contributed by atoms with Gasteiger partial charge in [0.1, 0.15) is 0 Å². The molecule has 0 saturated carbocycles. The van der Waals surface area contributed by atoms with Crippen LogP contribution in [-0.2, 0) is 11.3 Å². The predicted molar refractivity (Wildman–Crippen MR) is 83.7 cm³/mol. The second-order valence-electron chi connectivity index (χ2n) is 5.11. The van der Waals surface area contributed by atoms with Gasteiger partial charge in [0.05, 0.1) is 18.0 Å². The number of nitrogens with one attached hydrogen (secondary N) is 1. The molecule has 1 amide bonds. The Hall–Kier alpha value is -1.07. The Morgan fingerprint density at radius 3 is 3.10 bits per heavy atom. The number of carbonyl (C=O) groups is 1. The van der Waals surface area contributed by atoms with Gasteiger partial charge in [0, 0.05) is 12.2 Å². The molecule has 0 bridgehead atoms. The summed E-state index contributed by atoms with van der Waals surface area (Å²) in [4.78, 5) is 18.8. The third kappa shape index (κ3) is 4.49. The zero-order valence-electron chi connectivity index (χ0n) is 12.0. The first-order chi connectivity index (χ1) is 9.81. The van der Waals surface area contributed by atoms with Crippen LogP contribution in [0.1, 0.15) is 25.0 Å². The first-order valence-electron chi connectivity index (χ1n) is 7.20. The lowest BCUT2D eigenvalue weighted by Gasteiger charge is -2.31. The molecular formula is C15H23N3OS. The summed E-state index contributed by atoms with van der Waals surface area (Å²) in [6.45, 7) is 2.69. The maximum absolute atomic E-state index is 12.4. The Morgan fingerprint density at radius 1 is 1.45 bits per heavy atom. The van der Waals surface area contributed by atoms with Gasteiger partial charge < -0.3 is 10.2 Å². The fraction of sp³-hybridized carbons (Fsp3) is 0.600. The maximum atomic E-state index is 12.4. The van der Waals surface area contributed by atoms with Gasteiger partial charge in [-0.2, -0.15) is 11.8 Å². The molecule has 1 unspecified atom stereocenters. The van der Waals surface area contributed by atoms with E-state index in [2.05, 4.69) is 10.3 Å². The van der Waals surface area contributed by atoms with E-state index in [4.69, 9.17) is 0 Å². The van der Waals surface area contributed by atoms with E-state index in [0.29, 0.717) is 18.3 Å². The largest absolute Gasteiger partial charge is 0.333 e. The zero-order valence-corrected chi connectivity index (χ0v) is 12.9. The summed E-state index contributed by atoms with van der Waals surface area (Å²) in [5, 5.41) is 3.41. The molecule has 1 fully saturated rings. The minimum absolute atomic E-state index is 0.232. The molecule has 1 aliphatic heterocycles. The molecule has 0 aromatic carbocycles. The molecule has 0 spiro atoms. The normalized spacial score (nSPS) is 19.4. The van der Waals surface area contributed by atoms with Crippen molar-refractivity contribution >= 4 is 17.7 Å². The fourth-order valence-electron chi connectivity index (χ4n) is 2.61. The fourth-order valence-corrected chi connectivity index (χ4v) is 3.02. The molecule has 4 nitrogen and oxygen atoms in total. The number of pyridine rings is 1. The highest BCUT2D eigenvalue weighted by Crippen LogP contribution is 2.17. The SMILES string of the molecule is CSCC(=O)N(Cc1ccccn1)C1CCCNCC1. The van der Waals surface area contributed by atoms with Gasteiger partial charge in [-0.15, -0.1) is 0 Å². The van der Waals surface area contributed by atoms with Crippen molar-refractivity contribution in [2.24, 2.45) is 0 Å². The van der Waals surface area contributed by atoms with Gasteiger partial charge in [-0.1, -0.05) is 6.07 Å². The molecule has 1 saturated heterocycles. The van der Waals surface area contributed by atoms with Gasteiger partial charge in [-0.05, 0) is 50.7 Å². The lowest BCUT2D eigenvalue weighted by Crippen LogP contribution is -2.41. The van der Waals surface area contributed by atoms with Crippen molar-refractivity contribution in [2.45, 2.75) is 31.8 Å². The van der Waals surface area contributed by atoms with Crippen molar-refractivity contribution in [3.8, 4) is 0 Å². The maximum Gasteiger partial charge on any atom is 0.233 e. The van der Waals surface area contributed by atoms with Crippen molar-refractivity contribution < 1.29 is 4.79 Å². The van der Waals surface area contributed by atoms with Crippen molar-refractivity contribution in [3.63, 3.8) is 0 Å². The lowest BCUT2D eigenvalue weighted by molar-refractivity contribution is -0.131. The molecule has 2 rings (SSSR count). The third-order valence-corrected chi connectivity index (χ3v) is 4.17. The summed E-state index contributed by atoms with van der Waals surface area (Å²) >= 11 is 1.59. The highest BCUT2D eigenvalue weighted by atomic mass is 32.2. The lowest BCUT2D eigenvalue weighted by atomic mass is 10.1. The third-order valence-electron chi connectivity index (χ3n) is 3.63. The molecule has 5 heteroatoms. The first kappa shape index (κ1) is 15.3. The van der Waals surface area contributed by atoms with Gasteiger partial charge >= 0.3 is 0 Å². The Kier molecular flexibility index (Phi) is 6.33. The molecule has 1 aromatic heterocycles. The van der Waals surface area contributed by atoms with Crippen molar-refractivity contribution in [2.75, 3.05) is 25.1 Å². The van der Waals surface area contributed by atoms with Crippen LogP contribution >= 0.6 is 11.8 Å². The number of thioether (sulfide) groups is 1. The molecule has 2 heterocycles. The molecule has 1 atom stereocenters. The van der Waals surface area contributed by atoms with E-state index < -0.39 is 0 Å². The average Bonchev–Trinajstić information content (AvgIpc) is 2.75. The summed E-state index contributed by atoms with van der Waals surface area (Å²) in [6, 6.07) is 6.22. The minimum Gasteiger partial charge on any atom is -0.333 e. The molecule has 1 aliphatic rings. The van der Waals surface area contributed by atoms with Gasteiger partial charge in [-0.3, -0.25) is 9.78 Å². The minimum atomic E-state index is 0.232. The van der Waals surface area contributed by atoms with Crippen LogP contribution in [0.5, 0.6) is 0 Å². The van der Waals surface area contributed by atoms with Crippen LogP contribution in [0.3, 0.4) is 0 Å². The second kappa shape index (κ2) is 8.27. The topological polar surface area (TPSA) is 45.2 Å². The van der Waals surface area contributed by atoms with Gasteiger partial charge in [0.25, 0.3) is 0 Å². The predicted octanol–water partition coefficient (Wildman–Crippen LogP) is 1.92. The molecule has 1 aromatic rings. The van der Waals surface area contributed by atoms with E-state index in [0.717, 1.165) is 38.0 Å². The molecule has 20 heavy (non-hydrogen) atoms. The van der Waals surface area contributed by atoms with Crippen LogP contribution in [0.2, 0.25) is 0 Å². The Labute approximate surface area is 125 Å². The van der Waals surface area contributed by atoms with E-state index in [-0.39, 0.29) is 5.91 Å². The van der Waals surface area contributed by atoms with Crippen molar-refractivity contribution in [1.82, 2.24) is 15.2 Å². The number of amides is 1. The van der Waals surface area contributed by atoms with E-state index in [9.17, 15) is 4.79 Å². The Morgan fingerprint density at radius 2 is 2.35 bits per heavy atom. The monoisotopic (exact) mass is 293 g/mol. The highest BCUT2D eigenvalue weighted by Gasteiger charge is 2.24. The highest BCUT2D eigenvalue weighted by molar-refractivity contribution is 7.99. The molecule has 1 N–H and O–H groups in total. The summed E-state index contributed by atoms with van der Waals surface area (Å²) in [7, 11) is 0. The van der Waals surface area contributed by atoms with Crippen LogP contribution in [0.25, 0.3) is 0 Å². The van der Waals surface area contributed by atoms with Crippen LogP contribution in [0.15, 0.2) is 24.4 Å². The van der Waals surface area contributed by atoms with Crippen LogP contribution in [0, 0.1) is 0 Å². The van der Waals surface area contributed by atoms with Crippen molar-refractivity contribution in [1.29, 1.82) is 0 Å². The summed E-state index contributed by atoms with van der Waals surface area (Å²) < 4.78 is 0. The number of nitrogens with zero attached hydrogens (tertiary/aromatic N) is 2. The van der Waals surface area contributed by atoms with Crippen LogP contribution < -0.4 is 5.32 Å². The van der Waals surface area contributed by atoms with Crippen molar-refractivity contribution in [3.05, 3.63) is 30.1 Å². The molecule has 0 radical (unpaired) electrons. The summed E-state index contributed by atoms with van der Waals surface area (Å²) in [5.74, 6) is 0.784. The second-order valence-corrected chi connectivity index (χ2v) is 5.98. The average molecular weight is 293 g/mol. The van der Waals surface area contributed by atoms with Crippen LogP contribution in [-0.4, -0.2) is 46.9 Å². The van der Waals surface area contributed by atoms with E-state index in [1.807, 2.05) is 29.4 Å². The Balaban J connectivity index is 2.08. The number of hydrogen-bond acceptors (Lipinski definition) is 4. The quantitative estimate of drug-likeness (QED) is 0.901. The van der Waals surface area contributed by atoms with Gasteiger partial charge in [0.15, 0.2) is 0 Å². The number of rotatable bonds is 5. The van der Waals surface area contributed by atoms with Crippen LogP contribution in [0.4, 0.5) is 0 Å². The molecule has 110 valence electrons. The molecular weight excluding hydrogens is 270 g/mol. The number of carbonyl (C=O) groups excluding carboxylic acids is 1. The zero-order chi connectivity index (χ0) is 14.2. The molecule has 0 aliphatic carbocycles. The van der Waals surface area contributed by atoms with Gasteiger partial charge in [-0.25, -0.2) is 0 Å². The summed E-state index contributed by atoms with van der Waals surface area (Å²) in [5.41, 5.74) is 0.971. The van der Waals surface area contributed by atoms with E-state index in [1.165, 1.54) is 0 Å². The number of hydrogen-bond donors (Lipinski definition) is 1. The first-order valence-corrected chi connectivity index (χ1v) is 8.59.